The molecule has 0 saturated heterocycles. The topological polar surface area (TPSA) is 25.2 Å². The third kappa shape index (κ3) is 1.28. The van der Waals surface area contributed by atoms with E-state index in [0.29, 0.717) is 5.13 Å². The molecule has 2 nitrogen and oxygen atoms in total. The molecule has 4 heteroatoms. The monoisotopic (exact) mass is 192 g/mol. The van der Waals surface area contributed by atoms with Crippen molar-refractivity contribution in [2.24, 2.45) is 4.99 Å². The van der Waals surface area contributed by atoms with Gasteiger partial charge in [0.25, 0.3) is 0 Å². The van der Waals surface area contributed by atoms with Gasteiger partial charge in [-0.25, -0.2) is 4.98 Å². The summed E-state index contributed by atoms with van der Waals surface area (Å²) in [4.78, 5) is 8.04. The van der Waals surface area contributed by atoms with Gasteiger partial charge in [-0.1, -0.05) is 23.5 Å². The van der Waals surface area contributed by atoms with E-state index in [4.69, 9.17) is 0 Å². The molecule has 0 amide bonds. The van der Waals surface area contributed by atoms with Crippen molar-refractivity contribution >= 4 is 44.1 Å². The number of hydrogen-bond donors (Lipinski definition) is 0. The SMILES string of the molecule is S=C=Nc1nc2ccccc2s1. The first kappa shape index (κ1) is 7.55. The molecule has 0 aliphatic heterocycles. The van der Waals surface area contributed by atoms with Crippen molar-refractivity contribution < 1.29 is 0 Å². The Balaban J connectivity index is 2.69. The maximum Gasteiger partial charge on any atom is 0.219 e. The molecule has 0 radical (unpaired) electrons. The van der Waals surface area contributed by atoms with Crippen LogP contribution in [0.3, 0.4) is 0 Å². The maximum atomic E-state index is 4.49. The summed E-state index contributed by atoms with van der Waals surface area (Å²) < 4.78 is 1.13. The van der Waals surface area contributed by atoms with Gasteiger partial charge >= 0.3 is 0 Å². The van der Waals surface area contributed by atoms with Crippen LogP contribution >= 0.6 is 23.6 Å². The fraction of sp³-hybridized carbons (Fsp3) is 0. The van der Waals surface area contributed by atoms with Crippen LogP contribution in [0.15, 0.2) is 29.3 Å². The third-order valence-corrected chi connectivity index (χ3v) is 2.45. The van der Waals surface area contributed by atoms with Gasteiger partial charge in [0.05, 0.1) is 15.4 Å². The Morgan fingerprint density at radius 2 is 2.25 bits per heavy atom. The third-order valence-electron chi connectivity index (χ3n) is 1.42. The van der Waals surface area contributed by atoms with E-state index in [9.17, 15) is 0 Å². The lowest BCUT2D eigenvalue weighted by Crippen LogP contribution is -1.63. The minimum Gasteiger partial charge on any atom is -0.218 e. The van der Waals surface area contributed by atoms with Crippen LogP contribution in [0, 0.1) is 0 Å². The Labute approximate surface area is 78.6 Å². The second-order valence-corrected chi connectivity index (χ2v) is 3.36. The van der Waals surface area contributed by atoms with Gasteiger partial charge in [-0.05, 0) is 24.4 Å². The number of rotatable bonds is 1. The smallest absolute Gasteiger partial charge is 0.218 e. The highest BCUT2D eigenvalue weighted by Crippen LogP contribution is 2.26. The van der Waals surface area contributed by atoms with E-state index in [-0.39, 0.29) is 0 Å². The molecule has 0 N–H and O–H groups in total. The zero-order valence-corrected chi connectivity index (χ0v) is 7.65. The van der Waals surface area contributed by atoms with Gasteiger partial charge in [0.15, 0.2) is 0 Å². The van der Waals surface area contributed by atoms with Crippen molar-refractivity contribution in [2.75, 3.05) is 0 Å². The van der Waals surface area contributed by atoms with Crippen LogP contribution in [0.25, 0.3) is 10.2 Å². The average Bonchev–Trinajstić information content (AvgIpc) is 2.47. The lowest BCUT2D eigenvalue weighted by molar-refractivity contribution is 1.42. The fourth-order valence-electron chi connectivity index (χ4n) is 0.947. The van der Waals surface area contributed by atoms with Crippen LogP contribution in [-0.4, -0.2) is 10.1 Å². The molecule has 2 rings (SSSR count). The molecular weight excluding hydrogens is 188 g/mol. The normalized spacial score (nSPS) is 9.67. The highest BCUT2D eigenvalue weighted by molar-refractivity contribution is 7.78. The van der Waals surface area contributed by atoms with E-state index >= 15 is 0 Å². The quantitative estimate of drug-likeness (QED) is 0.512. The lowest BCUT2D eigenvalue weighted by atomic mass is 10.3. The largest absolute Gasteiger partial charge is 0.219 e. The van der Waals surface area contributed by atoms with Crippen LogP contribution in [0.4, 0.5) is 5.13 Å². The van der Waals surface area contributed by atoms with Gasteiger partial charge in [-0.2, -0.15) is 4.99 Å². The number of thiocarbonyl (C=S) groups is 1. The summed E-state index contributed by atoms with van der Waals surface area (Å²) in [5, 5.41) is 2.97. The van der Waals surface area contributed by atoms with Crippen LogP contribution < -0.4 is 0 Å². The predicted molar refractivity (Wildman–Crippen MR) is 54.3 cm³/mol. The molecule has 0 unspecified atom stereocenters. The number of nitrogens with zero attached hydrogens (tertiary/aromatic N) is 2. The summed E-state index contributed by atoms with van der Waals surface area (Å²) in [6, 6.07) is 7.89. The van der Waals surface area contributed by atoms with E-state index in [1.165, 1.54) is 11.3 Å². The van der Waals surface area contributed by atoms with Crippen molar-refractivity contribution in [1.82, 2.24) is 4.98 Å². The molecule has 58 valence electrons. The van der Waals surface area contributed by atoms with Gasteiger partial charge in [-0.3, -0.25) is 0 Å². The summed E-state index contributed by atoms with van der Waals surface area (Å²) in [5.74, 6) is 0. The number of isothiocyanates is 1. The van der Waals surface area contributed by atoms with Crippen LogP contribution in [0.2, 0.25) is 0 Å². The molecule has 1 aromatic heterocycles. The highest BCUT2D eigenvalue weighted by Gasteiger charge is 1.99. The highest BCUT2D eigenvalue weighted by atomic mass is 32.1. The second kappa shape index (κ2) is 3.11. The Morgan fingerprint density at radius 3 is 3.00 bits per heavy atom. The zero-order chi connectivity index (χ0) is 8.39. The minimum absolute atomic E-state index is 0.672. The number of hydrogen-bond acceptors (Lipinski definition) is 4. The van der Waals surface area contributed by atoms with Gasteiger partial charge in [0.1, 0.15) is 0 Å². The number of benzene rings is 1. The van der Waals surface area contributed by atoms with Gasteiger partial charge in [-0.15, -0.1) is 0 Å². The molecule has 0 aliphatic rings. The van der Waals surface area contributed by atoms with Crippen molar-refractivity contribution in [3.63, 3.8) is 0 Å². The molecule has 0 saturated carbocycles. The molecular formula is C8H4N2S2. The van der Waals surface area contributed by atoms with Crippen molar-refractivity contribution in [3.8, 4) is 0 Å². The standard InChI is InChI=1S/C8H4N2S2/c11-5-9-8-10-6-3-1-2-4-7(6)12-8/h1-4H. The van der Waals surface area contributed by atoms with Crippen LogP contribution in [0.5, 0.6) is 0 Å². The second-order valence-electron chi connectivity index (χ2n) is 2.17. The van der Waals surface area contributed by atoms with E-state index in [1.807, 2.05) is 24.3 Å². The first-order valence-electron chi connectivity index (χ1n) is 3.33. The Kier molecular flexibility index (Phi) is 1.96. The number of fused-ring (bicyclic) bond motifs is 1. The Hall–Kier alpha value is -1.09. The molecule has 12 heavy (non-hydrogen) atoms. The van der Waals surface area contributed by atoms with Crippen LogP contribution in [-0.2, 0) is 0 Å². The molecule has 1 aromatic carbocycles. The van der Waals surface area contributed by atoms with Crippen molar-refractivity contribution in [2.45, 2.75) is 0 Å². The Bertz CT molecular complexity index is 422. The predicted octanol–water partition coefficient (Wildman–Crippen LogP) is 3.03. The number of para-hydroxylation sites is 1. The van der Waals surface area contributed by atoms with E-state index < -0.39 is 0 Å². The number of aliphatic imine (C=N–C) groups is 1. The van der Waals surface area contributed by atoms with Crippen molar-refractivity contribution in [1.29, 1.82) is 0 Å². The lowest BCUT2D eigenvalue weighted by Gasteiger charge is -1.80. The molecule has 2 aromatic rings. The molecule has 0 bridgehead atoms. The summed E-state index contributed by atoms with van der Waals surface area (Å²) in [6.45, 7) is 0. The summed E-state index contributed by atoms with van der Waals surface area (Å²) in [5.41, 5.74) is 0.964. The minimum atomic E-state index is 0.672. The molecule has 0 spiro atoms. The Morgan fingerprint density at radius 1 is 1.42 bits per heavy atom. The van der Waals surface area contributed by atoms with Gasteiger partial charge in [0, 0.05) is 0 Å². The van der Waals surface area contributed by atoms with E-state index in [0.717, 1.165) is 10.2 Å². The molecule has 0 atom stereocenters. The van der Waals surface area contributed by atoms with Crippen molar-refractivity contribution in [3.05, 3.63) is 24.3 Å². The maximum absolute atomic E-state index is 4.49. The summed E-state index contributed by atoms with van der Waals surface area (Å²) in [7, 11) is 0. The fourth-order valence-corrected chi connectivity index (χ4v) is 1.89. The summed E-state index contributed by atoms with van der Waals surface area (Å²) in [6.07, 6.45) is 0. The molecule has 0 aliphatic carbocycles. The zero-order valence-electron chi connectivity index (χ0n) is 6.02. The number of aromatic nitrogens is 1. The summed E-state index contributed by atoms with van der Waals surface area (Å²) >= 11 is 6.00. The average molecular weight is 192 g/mol. The molecule has 0 fully saturated rings. The van der Waals surface area contributed by atoms with Crippen LogP contribution in [0.1, 0.15) is 0 Å². The van der Waals surface area contributed by atoms with Gasteiger partial charge in [0.2, 0.25) is 5.13 Å². The number of thiazole rings is 1. The molecule has 1 heterocycles. The van der Waals surface area contributed by atoms with E-state index in [2.05, 4.69) is 27.4 Å². The first-order chi connectivity index (χ1) is 5.90. The first-order valence-corrected chi connectivity index (χ1v) is 4.56. The van der Waals surface area contributed by atoms with E-state index in [1.54, 1.807) is 0 Å². The van der Waals surface area contributed by atoms with Gasteiger partial charge < -0.3 is 0 Å².